The second-order valence-electron chi connectivity index (χ2n) is 4.12. The maximum Gasteiger partial charge on any atom is 0.0510 e. The van der Waals surface area contributed by atoms with E-state index in [9.17, 15) is 0 Å². The first-order valence-corrected chi connectivity index (χ1v) is 6.30. The Kier molecular flexibility index (Phi) is 3.22. The molecule has 0 spiro atoms. The predicted octanol–water partition coefficient (Wildman–Crippen LogP) is 2.57. The van der Waals surface area contributed by atoms with Crippen molar-refractivity contribution in [3.05, 3.63) is 23.3 Å². The molecule has 1 unspecified atom stereocenters. The Bertz CT molecular complexity index is 365. The molecule has 1 aliphatic rings. The van der Waals surface area contributed by atoms with E-state index in [0.29, 0.717) is 6.04 Å². The summed E-state index contributed by atoms with van der Waals surface area (Å²) in [7, 11) is 0. The van der Waals surface area contributed by atoms with Crippen LogP contribution in [0.3, 0.4) is 0 Å². The van der Waals surface area contributed by atoms with Gasteiger partial charge in [0.15, 0.2) is 0 Å². The number of nitrogens with one attached hydrogen (secondary N) is 1. The molecule has 1 aliphatic heterocycles. The summed E-state index contributed by atoms with van der Waals surface area (Å²) in [5.41, 5.74) is 3.89. The van der Waals surface area contributed by atoms with Crippen LogP contribution < -0.4 is 5.32 Å². The summed E-state index contributed by atoms with van der Waals surface area (Å²) in [5.74, 6) is 1.05. The lowest BCUT2D eigenvalue weighted by Crippen LogP contribution is -2.27. The number of rotatable bonds is 2. The van der Waals surface area contributed by atoms with Crippen molar-refractivity contribution in [3.8, 4) is 0 Å². The Hall–Kier alpha value is -0.670. The van der Waals surface area contributed by atoms with Gasteiger partial charge in [0.1, 0.15) is 0 Å². The smallest absolute Gasteiger partial charge is 0.0510 e. The van der Waals surface area contributed by atoms with E-state index >= 15 is 0 Å². The van der Waals surface area contributed by atoms with Crippen LogP contribution in [-0.4, -0.2) is 23.5 Å². The third-order valence-corrected chi connectivity index (χ3v) is 3.91. The molecule has 1 aromatic rings. The first-order chi connectivity index (χ1) is 7.20. The quantitative estimate of drug-likeness (QED) is 0.808. The molecule has 82 valence electrons. The molecule has 0 aliphatic carbocycles. The van der Waals surface area contributed by atoms with E-state index in [1.807, 2.05) is 11.8 Å². The Labute approximate surface area is 95.1 Å². The van der Waals surface area contributed by atoms with E-state index in [4.69, 9.17) is 5.11 Å². The summed E-state index contributed by atoms with van der Waals surface area (Å²) in [5, 5.41) is 12.4. The molecule has 0 fully saturated rings. The van der Waals surface area contributed by atoms with Crippen LogP contribution in [0.15, 0.2) is 17.0 Å². The lowest BCUT2D eigenvalue weighted by atomic mass is 10.1. The number of thioether (sulfide) groups is 1. The van der Waals surface area contributed by atoms with E-state index in [0.717, 1.165) is 12.2 Å². The minimum absolute atomic E-state index is 0.262. The Morgan fingerprint density at radius 3 is 3.00 bits per heavy atom. The molecular weight excluding hydrogens is 206 g/mol. The van der Waals surface area contributed by atoms with Crippen molar-refractivity contribution in [3.63, 3.8) is 0 Å². The van der Waals surface area contributed by atoms with Crippen molar-refractivity contribution in [1.29, 1.82) is 0 Å². The van der Waals surface area contributed by atoms with Crippen LogP contribution in [0.4, 0.5) is 5.69 Å². The van der Waals surface area contributed by atoms with Crippen molar-refractivity contribution < 1.29 is 5.11 Å². The molecule has 1 heterocycles. The summed E-state index contributed by atoms with van der Waals surface area (Å²) < 4.78 is 0. The van der Waals surface area contributed by atoms with Crippen LogP contribution >= 0.6 is 11.8 Å². The SMILES string of the molecule is Cc1cc(C)c2c(c1)SCC(CCO)N2. The average molecular weight is 223 g/mol. The van der Waals surface area contributed by atoms with Crippen LogP contribution in [0.1, 0.15) is 17.5 Å². The van der Waals surface area contributed by atoms with Crippen molar-refractivity contribution in [1.82, 2.24) is 0 Å². The van der Waals surface area contributed by atoms with Gasteiger partial charge in [0.25, 0.3) is 0 Å². The molecule has 0 amide bonds. The fraction of sp³-hybridized carbons (Fsp3) is 0.500. The van der Waals surface area contributed by atoms with Crippen LogP contribution in [0.5, 0.6) is 0 Å². The summed E-state index contributed by atoms with van der Waals surface area (Å²) in [6.07, 6.45) is 0.833. The lowest BCUT2D eigenvalue weighted by molar-refractivity contribution is 0.282. The third kappa shape index (κ3) is 2.29. The summed E-state index contributed by atoms with van der Waals surface area (Å²) >= 11 is 1.89. The number of aliphatic hydroxyl groups excluding tert-OH is 1. The largest absolute Gasteiger partial charge is 0.396 e. The highest BCUT2D eigenvalue weighted by molar-refractivity contribution is 7.99. The number of benzene rings is 1. The van der Waals surface area contributed by atoms with Crippen molar-refractivity contribution >= 4 is 17.4 Å². The van der Waals surface area contributed by atoms with Crippen LogP contribution in [-0.2, 0) is 0 Å². The van der Waals surface area contributed by atoms with Crippen molar-refractivity contribution in [2.24, 2.45) is 0 Å². The molecular formula is C12H17NOS. The van der Waals surface area contributed by atoms with Gasteiger partial charge in [-0.05, 0) is 37.5 Å². The zero-order chi connectivity index (χ0) is 10.8. The molecule has 0 saturated carbocycles. The number of aliphatic hydroxyl groups is 1. The van der Waals surface area contributed by atoms with Gasteiger partial charge in [-0.1, -0.05) is 6.07 Å². The fourth-order valence-corrected chi connectivity index (χ4v) is 3.24. The van der Waals surface area contributed by atoms with Gasteiger partial charge in [-0.2, -0.15) is 0 Å². The number of hydrogen-bond donors (Lipinski definition) is 2. The number of aryl methyl sites for hydroxylation is 2. The van der Waals surface area contributed by atoms with Crippen molar-refractivity contribution in [2.45, 2.75) is 31.2 Å². The zero-order valence-corrected chi connectivity index (χ0v) is 10.0. The van der Waals surface area contributed by atoms with Gasteiger partial charge in [-0.25, -0.2) is 0 Å². The average Bonchev–Trinajstić information content (AvgIpc) is 2.19. The highest BCUT2D eigenvalue weighted by atomic mass is 32.2. The minimum Gasteiger partial charge on any atom is -0.396 e. The Morgan fingerprint density at radius 2 is 2.27 bits per heavy atom. The van der Waals surface area contributed by atoms with Crippen LogP contribution in [0, 0.1) is 13.8 Å². The Morgan fingerprint density at radius 1 is 1.47 bits per heavy atom. The summed E-state index contributed by atoms with van der Waals surface area (Å²) in [6.45, 7) is 4.53. The lowest BCUT2D eigenvalue weighted by Gasteiger charge is -2.27. The molecule has 1 aromatic carbocycles. The fourth-order valence-electron chi connectivity index (χ4n) is 1.97. The summed E-state index contributed by atoms with van der Waals surface area (Å²) in [4.78, 5) is 1.35. The topological polar surface area (TPSA) is 32.3 Å². The van der Waals surface area contributed by atoms with Gasteiger partial charge in [0.2, 0.25) is 0 Å². The van der Waals surface area contributed by atoms with Gasteiger partial charge in [-0.3, -0.25) is 0 Å². The second-order valence-corrected chi connectivity index (χ2v) is 5.18. The van der Waals surface area contributed by atoms with Gasteiger partial charge < -0.3 is 10.4 Å². The van der Waals surface area contributed by atoms with E-state index in [2.05, 4.69) is 31.3 Å². The van der Waals surface area contributed by atoms with Gasteiger partial charge in [-0.15, -0.1) is 11.8 Å². The summed E-state index contributed by atoms with van der Waals surface area (Å²) in [6, 6.07) is 4.84. The number of anilines is 1. The Balaban J connectivity index is 2.25. The van der Waals surface area contributed by atoms with E-state index in [-0.39, 0.29) is 6.61 Å². The molecule has 2 nitrogen and oxygen atoms in total. The normalized spacial score (nSPS) is 19.5. The highest BCUT2D eigenvalue weighted by Gasteiger charge is 2.19. The standard InChI is InChI=1S/C12H17NOS/c1-8-5-9(2)12-11(6-8)15-7-10(13-12)3-4-14/h5-6,10,13-14H,3-4,7H2,1-2H3. The molecule has 1 atom stereocenters. The predicted molar refractivity (Wildman–Crippen MR) is 65.8 cm³/mol. The van der Waals surface area contributed by atoms with Gasteiger partial charge in [0, 0.05) is 23.3 Å². The van der Waals surface area contributed by atoms with Crippen LogP contribution in [0.25, 0.3) is 0 Å². The first kappa shape index (κ1) is 10.8. The van der Waals surface area contributed by atoms with E-state index in [1.54, 1.807) is 0 Å². The molecule has 0 saturated heterocycles. The molecule has 2 N–H and O–H groups in total. The van der Waals surface area contributed by atoms with Crippen molar-refractivity contribution in [2.75, 3.05) is 17.7 Å². The molecule has 0 aromatic heterocycles. The highest BCUT2D eigenvalue weighted by Crippen LogP contribution is 2.36. The van der Waals surface area contributed by atoms with Gasteiger partial charge >= 0.3 is 0 Å². The molecule has 2 rings (SSSR count). The first-order valence-electron chi connectivity index (χ1n) is 5.32. The maximum atomic E-state index is 8.93. The van der Waals surface area contributed by atoms with E-state index in [1.165, 1.54) is 21.7 Å². The number of hydrogen-bond acceptors (Lipinski definition) is 3. The monoisotopic (exact) mass is 223 g/mol. The van der Waals surface area contributed by atoms with Crippen LogP contribution in [0.2, 0.25) is 0 Å². The number of fused-ring (bicyclic) bond motifs is 1. The maximum absolute atomic E-state index is 8.93. The zero-order valence-electron chi connectivity index (χ0n) is 9.21. The molecule has 15 heavy (non-hydrogen) atoms. The molecule has 0 radical (unpaired) electrons. The second kappa shape index (κ2) is 4.45. The molecule has 3 heteroatoms. The van der Waals surface area contributed by atoms with Gasteiger partial charge in [0.05, 0.1) is 5.69 Å². The third-order valence-electron chi connectivity index (χ3n) is 2.71. The minimum atomic E-state index is 0.262. The molecule has 0 bridgehead atoms. The van der Waals surface area contributed by atoms with E-state index < -0.39 is 0 Å².